The molecule has 2 N–H and O–H groups in total. The third-order valence-corrected chi connectivity index (χ3v) is 4.74. The number of hydrogen-bond donors (Lipinski definition) is 1. The second-order valence-electron chi connectivity index (χ2n) is 4.07. The van der Waals surface area contributed by atoms with E-state index in [4.69, 9.17) is 5.73 Å². The van der Waals surface area contributed by atoms with Gasteiger partial charge in [-0.1, -0.05) is 49.0 Å². The third-order valence-electron chi connectivity index (χ3n) is 2.68. The van der Waals surface area contributed by atoms with Crippen LogP contribution in [0.1, 0.15) is 18.3 Å². The molecule has 0 radical (unpaired) electrons. The van der Waals surface area contributed by atoms with Gasteiger partial charge in [0.25, 0.3) is 0 Å². The van der Waals surface area contributed by atoms with Crippen molar-refractivity contribution in [3.05, 3.63) is 41.7 Å². The van der Waals surface area contributed by atoms with Crippen molar-refractivity contribution in [3.63, 3.8) is 0 Å². The van der Waals surface area contributed by atoms with E-state index in [2.05, 4.69) is 15.4 Å². The van der Waals surface area contributed by atoms with Gasteiger partial charge in [-0.2, -0.15) is 9.64 Å². The normalized spacial score (nSPS) is 13.7. The van der Waals surface area contributed by atoms with E-state index in [9.17, 15) is 5.26 Å². The molecular formula is C13H14N4S2. The van der Waals surface area contributed by atoms with Gasteiger partial charge in [-0.25, -0.2) is 4.98 Å². The molecule has 0 fully saturated rings. The average molecular weight is 290 g/mol. The van der Waals surface area contributed by atoms with Crippen molar-refractivity contribution in [2.45, 2.75) is 23.2 Å². The van der Waals surface area contributed by atoms with Crippen LogP contribution in [0, 0.1) is 11.3 Å². The number of aryl methyl sites for hydroxylation is 1. The van der Waals surface area contributed by atoms with Crippen molar-refractivity contribution in [2.24, 2.45) is 5.73 Å². The zero-order valence-corrected chi connectivity index (χ0v) is 12.2. The van der Waals surface area contributed by atoms with Gasteiger partial charge >= 0.3 is 0 Å². The van der Waals surface area contributed by atoms with Crippen LogP contribution in [-0.2, 0) is 12.0 Å². The molecule has 1 unspecified atom stereocenters. The average Bonchev–Trinajstić information content (AvgIpc) is 2.94. The maximum absolute atomic E-state index is 9.35. The lowest BCUT2D eigenvalue weighted by atomic mass is 9.95. The zero-order chi connectivity index (χ0) is 13.7. The van der Waals surface area contributed by atoms with E-state index in [1.54, 1.807) is 0 Å². The molecule has 1 atom stereocenters. The van der Waals surface area contributed by atoms with E-state index in [1.165, 1.54) is 23.3 Å². The first-order valence-corrected chi connectivity index (χ1v) is 7.65. The third kappa shape index (κ3) is 3.32. The Morgan fingerprint density at radius 3 is 2.74 bits per heavy atom. The van der Waals surface area contributed by atoms with Crippen LogP contribution in [0.3, 0.4) is 0 Å². The van der Waals surface area contributed by atoms with Gasteiger partial charge in [0.15, 0.2) is 4.34 Å². The number of rotatable bonds is 5. The number of nitrogens with zero attached hydrogens (tertiary/aromatic N) is 3. The largest absolute Gasteiger partial charge is 0.309 e. The fourth-order valence-electron chi connectivity index (χ4n) is 1.53. The first kappa shape index (κ1) is 14.0. The molecule has 0 spiro atoms. The summed E-state index contributed by atoms with van der Waals surface area (Å²) in [6.07, 6.45) is 0.821. The first-order chi connectivity index (χ1) is 9.18. The highest BCUT2D eigenvalue weighted by molar-refractivity contribution is 8.01. The maximum atomic E-state index is 9.35. The van der Waals surface area contributed by atoms with Crippen LogP contribution in [-0.4, -0.2) is 15.1 Å². The molecule has 2 rings (SSSR count). The number of nitriles is 1. The Hall–Kier alpha value is -1.42. The highest BCUT2D eigenvalue weighted by Gasteiger charge is 2.27. The summed E-state index contributed by atoms with van der Waals surface area (Å²) in [5.41, 5.74) is 6.01. The first-order valence-electron chi connectivity index (χ1n) is 5.89. The SMILES string of the molecule is CCc1nsc(SCC(N)(C#N)c2ccccc2)n1. The molecule has 1 aromatic heterocycles. The number of thioether (sulfide) groups is 1. The summed E-state index contributed by atoms with van der Waals surface area (Å²) in [4.78, 5) is 4.37. The van der Waals surface area contributed by atoms with E-state index in [0.717, 1.165) is 22.1 Å². The number of hydrogen-bond acceptors (Lipinski definition) is 6. The summed E-state index contributed by atoms with van der Waals surface area (Å²) >= 11 is 2.84. The Balaban J connectivity index is 2.09. The van der Waals surface area contributed by atoms with Crippen LogP contribution in [0.4, 0.5) is 0 Å². The van der Waals surface area contributed by atoms with Crippen LogP contribution in [0.25, 0.3) is 0 Å². The maximum Gasteiger partial charge on any atom is 0.170 e. The number of nitrogens with two attached hydrogens (primary N) is 1. The Morgan fingerprint density at radius 1 is 1.42 bits per heavy atom. The van der Waals surface area contributed by atoms with Crippen molar-refractivity contribution in [1.82, 2.24) is 9.36 Å². The minimum Gasteiger partial charge on any atom is -0.309 e. The van der Waals surface area contributed by atoms with Crippen molar-refractivity contribution in [2.75, 3.05) is 5.75 Å². The van der Waals surface area contributed by atoms with Gasteiger partial charge in [-0.3, -0.25) is 0 Å². The topological polar surface area (TPSA) is 75.6 Å². The molecule has 98 valence electrons. The van der Waals surface area contributed by atoms with Crippen LogP contribution >= 0.6 is 23.3 Å². The summed E-state index contributed by atoms with van der Waals surface area (Å²) in [5, 5.41) is 9.35. The van der Waals surface area contributed by atoms with Crippen LogP contribution in [0.5, 0.6) is 0 Å². The second-order valence-corrected chi connectivity index (χ2v) is 6.04. The van der Waals surface area contributed by atoms with Crippen LogP contribution in [0.15, 0.2) is 34.7 Å². The number of aromatic nitrogens is 2. The van der Waals surface area contributed by atoms with E-state index in [-0.39, 0.29) is 0 Å². The molecule has 0 saturated carbocycles. The summed E-state index contributed by atoms with van der Waals surface area (Å²) in [6.45, 7) is 2.02. The van der Waals surface area contributed by atoms with Gasteiger partial charge in [-0.15, -0.1) is 0 Å². The van der Waals surface area contributed by atoms with Gasteiger partial charge < -0.3 is 5.73 Å². The zero-order valence-electron chi connectivity index (χ0n) is 10.5. The van der Waals surface area contributed by atoms with Gasteiger partial charge in [0.1, 0.15) is 11.4 Å². The predicted molar refractivity (Wildman–Crippen MR) is 77.9 cm³/mol. The minimum absolute atomic E-state index is 0.464. The molecule has 6 heteroatoms. The molecule has 1 aromatic carbocycles. The molecule has 2 aromatic rings. The summed E-state index contributed by atoms with van der Waals surface area (Å²) in [7, 11) is 0. The molecule has 19 heavy (non-hydrogen) atoms. The molecule has 0 aliphatic rings. The highest BCUT2D eigenvalue weighted by Crippen LogP contribution is 2.28. The lowest BCUT2D eigenvalue weighted by Gasteiger charge is -2.20. The number of benzene rings is 1. The summed E-state index contributed by atoms with van der Waals surface area (Å²) in [5.74, 6) is 1.30. The van der Waals surface area contributed by atoms with Gasteiger partial charge in [0.2, 0.25) is 0 Å². The Labute approximate surface area is 120 Å². The Bertz CT molecular complexity index is 576. The molecule has 0 saturated heterocycles. The van der Waals surface area contributed by atoms with Gasteiger partial charge in [-0.05, 0) is 17.1 Å². The van der Waals surface area contributed by atoms with E-state index < -0.39 is 5.54 Å². The van der Waals surface area contributed by atoms with Crippen LogP contribution in [0.2, 0.25) is 0 Å². The van der Waals surface area contributed by atoms with Gasteiger partial charge in [0.05, 0.1) is 6.07 Å². The Kier molecular flexibility index (Phi) is 4.53. The standard InChI is InChI=1S/C13H14N4S2/c1-2-11-16-12(19-17-11)18-9-13(15,8-14)10-6-4-3-5-7-10/h3-7H,2,9,15H2,1H3. The van der Waals surface area contributed by atoms with Crippen LogP contribution < -0.4 is 5.73 Å². The quantitative estimate of drug-likeness (QED) is 0.856. The molecular weight excluding hydrogens is 276 g/mol. The monoisotopic (exact) mass is 290 g/mol. The lowest BCUT2D eigenvalue weighted by molar-refractivity contribution is 0.658. The molecule has 0 bridgehead atoms. The fourth-order valence-corrected chi connectivity index (χ4v) is 3.28. The van der Waals surface area contributed by atoms with Crippen molar-refractivity contribution in [3.8, 4) is 6.07 Å². The predicted octanol–water partition coefficient (Wildman–Crippen LogP) is 2.57. The van der Waals surface area contributed by atoms with E-state index >= 15 is 0 Å². The fraction of sp³-hybridized carbons (Fsp3) is 0.308. The second kappa shape index (κ2) is 6.15. The Morgan fingerprint density at radius 2 is 2.16 bits per heavy atom. The molecule has 1 heterocycles. The van der Waals surface area contributed by atoms with Gasteiger partial charge in [0, 0.05) is 12.2 Å². The molecule has 0 aliphatic carbocycles. The highest BCUT2D eigenvalue weighted by atomic mass is 32.2. The summed E-state index contributed by atoms with van der Waals surface area (Å²) in [6, 6.07) is 11.6. The van der Waals surface area contributed by atoms with Crippen molar-refractivity contribution >= 4 is 23.3 Å². The van der Waals surface area contributed by atoms with Crippen molar-refractivity contribution in [1.29, 1.82) is 5.26 Å². The lowest BCUT2D eigenvalue weighted by Crippen LogP contribution is -2.37. The smallest absolute Gasteiger partial charge is 0.170 e. The molecule has 0 aliphatic heterocycles. The van der Waals surface area contributed by atoms with E-state index in [1.807, 2.05) is 37.3 Å². The summed E-state index contributed by atoms with van der Waals surface area (Å²) < 4.78 is 5.08. The minimum atomic E-state index is -0.996. The molecule has 4 nitrogen and oxygen atoms in total. The van der Waals surface area contributed by atoms with Crippen molar-refractivity contribution < 1.29 is 0 Å². The molecule has 0 amide bonds. The van der Waals surface area contributed by atoms with E-state index in [0.29, 0.717) is 5.75 Å².